The lowest BCUT2D eigenvalue weighted by atomic mass is 9.88. The minimum atomic E-state index is -3.64. The molecule has 1 saturated heterocycles. The number of halogens is 1. The van der Waals surface area contributed by atoms with Gasteiger partial charge < -0.3 is 18.7 Å². The summed E-state index contributed by atoms with van der Waals surface area (Å²) in [6, 6.07) is 10.1. The molecule has 8 nitrogen and oxygen atoms in total. The third kappa shape index (κ3) is 4.04. The molecule has 0 bridgehead atoms. The van der Waals surface area contributed by atoms with Gasteiger partial charge in [-0.15, -0.1) is 0 Å². The fraction of sp³-hybridized carbons (Fsp3) is 0.458. The van der Waals surface area contributed by atoms with Crippen LogP contribution in [0.2, 0.25) is 5.02 Å². The number of sulfonamides is 1. The summed E-state index contributed by atoms with van der Waals surface area (Å²) >= 11 is 6.07. The van der Waals surface area contributed by atoms with Crippen molar-refractivity contribution in [1.82, 2.24) is 9.46 Å². The lowest BCUT2D eigenvalue weighted by molar-refractivity contribution is -0.122. The van der Waals surface area contributed by atoms with Gasteiger partial charge >= 0.3 is 0 Å². The predicted molar refractivity (Wildman–Crippen MR) is 127 cm³/mol. The smallest absolute Gasteiger partial charge is 0.262 e. The molecule has 3 heterocycles. The molecule has 2 aromatic carbocycles. The highest BCUT2D eigenvalue weighted by Crippen LogP contribution is 2.45. The number of methoxy groups -OCH3 is 1. The number of rotatable bonds is 5. The van der Waals surface area contributed by atoms with Crippen molar-refractivity contribution in [2.24, 2.45) is 0 Å². The normalized spacial score (nSPS) is 22.8. The minimum Gasteiger partial charge on any atom is -0.485 e. The van der Waals surface area contributed by atoms with E-state index in [1.807, 2.05) is 13.8 Å². The van der Waals surface area contributed by atoms with E-state index in [1.54, 1.807) is 47.8 Å². The SMILES string of the molecule is CO[C@H]1[C@H](Oc2noc3cc(Cl)ccc23)c2cc(S(=O)(=O)N3CCCCC3)ccc2OC1(C)C. The maximum absolute atomic E-state index is 13.4. The van der Waals surface area contributed by atoms with Crippen LogP contribution in [0.25, 0.3) is 11.0 Å². The van der Waals surface area contributed by atoms with Gasteiger partial charge in [-0.2, -0.15) is 4.31 Å². The van der Waals surface area contributed by atoms with E-state index in [-0.39, 0.29) is 10.8 Å². The van der Waals surface area contributed by atoms with Crippen molar-refractivity contribution in [2.75, 3.05) is 20.2 Å². The van der Waals surface area contributed by atoms with Crippen LogP contribution < -0.4 is 9.47 Å². The minimum absolute atomic E-state index is 0.205. The van der Waals surface area contributed by atoms with Crippen LogP contribution in [0.4, 0.5) is 0 Å². The molecule has 182 valence electrons. The van der Waals surface area contributed by atoms with Gasteiger partial charge in [0.15, 0.2) is 11.7 Å². The number of ether oxygens (including phenoxy) is 3. The van der Waals surface area contributed by atoms with Crippen molar-refractivity contribution in [3.8, 4) is 11.6 Å². The molecule has 0 aliphatic carbocycles. The standard InChI is InChI=1S/C24H27ClN2O6S/c1-24(2)22(30-3)21(31-23-17-9-7-15(25)13-20(17)33-26-23)18-14-16(8-10-19(18)32-24)34(28,29)27-11-5-4-6-12-27/h7-10,13-14,21-22H,4-6,11-12H2,1-3H3/t21-,22+/m1/s1. The quantitative estimate of drug-likeness (QED) is 0.483. The Morgan fingerprint density at radius 3 is 2.62 bits per heavy atom. The van der Waals surface area contributed by atoms with Crippen molar-refractivity contribution < 1.29 is 27.2 Å². The Morgan fingerprint density at radius 1 is 1.12 bits per heavy atom. The first-order valence-corrected chi connectivity index (χ1v) is 13.1. The van der Waals surface area contributed by atoms with E-state index in [2.05, 4.69) is 5.16 Å². The third-order valence-corrected chi connectivity index (χ3v) is 8.60. The number of nitrogens with zero attached hydrogens (tertiary/aromatic N) is 2. The Labute approximate surface area is 203 Å². The van der Waals surface area contributed by atoms with Crippen molar-refractivity contribution >= 4 is 32.6 Å². The van der Waals surface area contributed by atoms with E-state index in [1.165, 1.54) is 0 Å². The second kappa shape index (κ2) is 8.71. The van der Waals surface area contributed by atoms with Gasteiger partial charge in [-0.05, 0) is 62.2 Å². The molecule has 0 saturated carbocycles. The lowest BCUT2D eigenvalue weighted by Crippen LogP contribution is -2.51. The Bertz CT molecular complexity index is 1320. The van der Waals surface area contributed by atoms with Crippen LogP contribution in [0.1, 0.15) is 44.8 Å². The zero-order chi connectivity index (χ0) is 24.1. The molecular weight excluding hydrogens is 480 g/mol. The number of fused-ring (bicyclic) bond motifs is 2. The Hall–Kier alpha value is -2.33. The van der Waals surface area contributed by atoms with Crippen LogP contribution >= 0.6 is 11.6 Å². The number of piperidine rings is 1. The highest BCUT2D eigenvalue weighted by molar-refractivity contribution is 7.89. The first-order valence-electron chi connectivity index (χ1n) is 11.3. The van der Waals surface area contributed by atoms with Gasteiger partial charge in [-0.25, -0.2) is 8.42 Å². The molecule has 5 rings (SSSR count). The van der Waals surface area contributed by atoms with Crippen molar-refractivity contribution in [2.45, 2.75) is 55.8 Å². The fourth-order valence-electron chi connectivity index (χ4n) is 4.75. The van der Waals surface area contributed by atoms with E-state index in [9.17, 15) is 8.42 Å². The van der Waals surface area contributed by atoms with Crippen molar-refractivity contribution in [1.29, 1.82) is 0 Å². The highest BCUT2D eigenvalue weighted by Gasteiger charge is 2.47. The topological polar surface area (TPSA) is 91.1 Å². The van der Waals surface area contributed by atoms with Crippen LogP contribution in [0, 0.1) is 0 Å². The summed E-state index contributed by atoms with van der Waals surface area (Å²) in [5.41, 5.74) is 0.321. The predicted octanol–water partition coefficient (Wildman–Crippen LogP) is 4.96. The van der Waals surface area contributed by atoms with E-state index in [4.69, 9.17) is 30.3 Å². The fourth-order valence-corrected chi connectivity index (χ4v) is 6.47. The Morgan fingerprint density at radius 2 is 1.88 bits per heavy atom. The molecular formula is C24H27ClN2O6S. The summed E-state index contributed by atoms with van der Waals surface area (Å²) in [7, 11) is -2.07. The van der Waals surface area contributed by atoms with Gasteiger partial charge in [0.1, 0.15) is 17.5 Å². The molecule has 2 aliphatic rings. The maximum atomic E-state index is 13.4. The molecule has 34 heavy (non-hydrogen) atoms. The van der Waals surface area contributed by atoms with Gasteiger partial charge in [0.25, 0.3) is 5.88 Å². The van der Waals surface area contributed by atoms with Gasteiger partial charge in [-0.1, -0.05) is 18.0 Å². The average Bonchev–Trinajstić information content (AvgIpc) is 3.20. The van der Waals surface area contributed by atoms with Crippen LogP contribution in [-0.2, 0) is 14.8 Å². The van der Waals surface area contributed by atoms with Crippen LogP contribution in [0.15, 0.2) is 45.8 Å². The van der Waals surface area contributed by atoms with E-state index in [0.717, 1.165) is 19.3 Å². The summed E-state index contributed by atoms with van der Waals surface area (Å²) in [5, 5.41) is 5.26. The first kappa shape index (κ1) is 23.4. The summed E-state index contributed by atoms with van der Waals surface area (Å²) < 4.78 is 52.0. The van der Waals surface area contributed by atoms with Crippen LogP contribution in [0.5, 0.6) is 11.6 Å². The molecule has 0 radical (unpaired) electrons. The molecule has 2 atom stereocenters. The second-order valence-electron chi connectivity index (χ2n) is 9.19. The van der Waals surface area contributed by atoms with Gasteiger partial charge in [-0.3, -0.25) is 0 Å². The maximum Gasteiger partial charge on any atom is 0.262 e. The van der Waals surface area contributed by atoms with Crippen LogP contribution in [0.3, 0.4) is 0 Å². The highest BCUT2D eigenvalue weighted by atomic mass is 35.5. The molecule has 0 unspecified atom stereocenters. The molecule has 1 aromatic heterocycles. The Kier molecular flexibility index (Phi) is 6.00. The number of benzene rings is 2. The molecule has 0 amide bonds. The van der Waals surface area contributed by atoms with Gasteiger partial charge in [0.2, 0.25) is 10.0 Å². The summed E-state index contributed by atoms with van der Waals surface area (Å²) in [5.74, 6) is 0.809. The monoisotopic (exact) mass is 506 g/mol. The molecule has 3 aromatic rings. The zero-order valence-corrected chi connectivity index (χ0v) is 20.9. The summed E-state index contributed by atoms with van der Waals surface area (Å²) in [6.45, 7) is 4.85. The molecule has 0 spiro atoms. The third-order valence-electron chi connectivity index (χ3n) is 6.47. The zero-order valence-electron chi connectivity index (χ0n) is 19.3. The number of hydrogen-bond donors (Lipinski definition) is 0. The second-order valence-corrected chi connectivity index (χ2v) is 11.6. The van der Waals surface area contributed by atoms with E-state index < -0.39 is 27.8 Å². The first-order chi connectivity index (χ1) is 16.2. The van der Waals surface area contributed by atoms with Crippen molar-refractivity contribution in [3.63, 3.8) is 0 Å². The van der Waals surface area contributed by atoms with Gasteiger partial charge in [0.05, 0.1) is 10.3 Å². The van der Waals surface area contributed by atoms with Crippen LogP contribution in [-0.4, -0.2) is 49.8 Å². The molecule has 10 heteroatoms. The number of hydrogen-bond acceptors (Lipinski definition) is 7. The van der Waals surface area contributed by atoms with Crippen molar-refractivity contribution in [3.05, 3.63) is 47.0 Å². The largest absolute Gasteiger partial charge is 0.485 e. The van der Waals surface area contributed by atoms with E-state index >= 15 is 0 Å². The lowest BCUT2D eigenvalue weighted by Gasteiger charge is -2.43. The van der Waals surface area contributed by atoms with Gasteiger partial charge in [0, 0.05) is 36.9 Å². The number of aromatic nitrogens is 1. The molecule has 2 aliphatic heterocycles. The molecule has 1 fully saturated rings. The molecule has 0 N–H and O–H groups in total. The average molecular weight is 507 g/mol. The van der Waals surface area contributed by atoms with E-state index in [0.29, 0.717) is 40.4 Å². The summed E-state index contributed by atoms with van der Waals surface area (Å²) in [6.07, 6.45) is 1.53. The summed E-state index contributed by atoms with van der Waals surface area (Å²) in [4.78, 5) is 0.205. The Balaban J connectivity index is 1.58.